The van der Waals surface area contributed by atoms with Crippen molar-refractivity contribution in [3.8, 4) is 0 Å². The molecule has 5 nitrogen and oxygen atoms in total. The van der Waals surface area contributed by atoms with Crippen molar-refractivity contribution in [2.75, 3.05) is 32.9 Å². The number of nitrogens with zero attached hydrogens (tertiary/aromatic N) is 1. The highest BCUT2D eigenvalue weighted by molar-refractivity contribution is 7.33. The monoisotopic (exact) mass is 235 g/mol. The molecule has 0 spiro atoms. The minimum Gasteiger partial charge on any atom is -0.314 e. The van der Waals surface area contributed by atoms with Gasteiger partial charge in [-0.3, -0.25) is 4.90 Å². The molecule has 1 unspecified atom stereocenters. The molecule has 1 N–H and O–H groups in total. The Kier molecular flexibility index (Phi) is 5.09. The lowest BCUT2D eigenvalue weighted by molar-refractivity contribution is 0.0679. The highest BCUT2D eigenvalue weighted by Gasteiger charge is 2.30. The highest BCUT2D eigenvalue weighted by Crippen LogP contribution is 2.30. The minimum atomic E-state index is -2.01. The maximum absolute atomic E-state index is 11.4. The second-order valence-corrected chi connectivity index (χ2v) is 5.44. The fourth-order valence-corrected chi connectivity index (χ4v) is 1.98. The van der Waals surface area contributed by atoms with Gasteiger partial charge >= 0.3 is 8.25 Å². The molecule has 0 aliphatic carbocycles. The summed E-state index contributed by atoms with van der Waals surface area (Å²) in [5.41, 5.74) is -0.420. The van der Waals surface area contributed by atoms with Crippen molar-refractivity contribution in [1.82, 2.24) is 10.2 Å². The third kappa shape index (κ3) is 6.17. The molecule has 0 amide bonds. The fraction of sp³-hybridized carbons (Fsp3) is 1.00. The van der Waals surface area contributed by atoms with E-state index in [2.05, 4.69) is 10.2 Å². The molecule has 0 aromatic carbocycles. The first-order valence-electron chi connectivity index (χ1n) is 5.20. The molecule has 1 fully saturated rings. The van der Waals surface area contributed by atoms with Gasteiger partial charge in [-0.05, 0) is 20.8 Å². The van der Waals surface area contributed by atoms with Gasteiger partial charge in [0.1, 0.15) is 5.60 Å². The molecular formula is C9H20N2O3P+. The number of rotatable bonds is 4. The van der Waals surface area contributed by atoms with Crippen LogP contribution in [-0.2, 0) is 13.6 Å². The molecule has 88 valence electrons. The van der Waals surface area contributed by atoms with E-state index < -0.39 is 13.9 Å². The van der Waals surface area contributed by atoms with Gasteiger partial charge in [0.15, 0.2) is 6.73 Å². The van der Waals surface area contributed by atoms with E-state index in [1.807, 2.05) is 20.8 Å². The van der Waals surface area contributed by atoms with Gasteiger partial charge in [0.2, 0.25) is 0 Å². The Labute approximate surface area is 92.1 Å². The van der Waals surface area contributed by atoms with E-state index >= 15 is 0 Å². The topological polar surface area (TPSA) is 50.8 Å². The molecule has 15 heavy (non-hydrogen) atoms. The van der Waals surface area contributed by atoms with Crippen molar-refractivity contribution >= 4 is 8.25 Å². The second kappa shape index (κ2) is 5.87. The van der Waals surface area contributed by atoms with E-state index in [0.29, 0.717) is 6.73 Å². The minimum absolute atomic E-state index is 0.382. The van der Waals surface area contributed by atoms with Gasteiger partial charge in [-0.1, -0.05) is 0 Å². The van der Waals surface area contributed by atoms with Gasteiger partial charge in [-0.25, -0.2) is 0 Å². The van der Waals surface area contributed by atoms with Gasteiger partial charge in [-0.15, -0.1) is 9.05 Å². The Morgan fingerprint density at radius 1 is 1.33 bits per heavy atom. The fourth-order valence-electron chi connectivity index (χ4n) is 1.22. The molecule has 0 saturated carbocycles. The highest BCUT2D eigenvalue weighted by atomic mass is 31.1. The zero-order valence-electron chi connectivity index (χ0n) is 9.65. The molecule has 0 aromatic heterocycles. The Balaban J connectivity index is 2.15. The molecule has 0 radical (unpaired) electrons. The lowest BCUT2D eigenvalue weighted by atomic mass is 10.2. The van der Waals surface area contributed by atoms with E-state index in [1.54, 1.807) is 0 Å². The van der Waals surface area contributed by atoms with Crippen LogP contribution >= 0.6 is 8.25 Å². The Bertz CT molecular complexity index is 212. The van der Waals surface area contributed by atoms with Crippen LogP contribution in [-0.4, -0.2) is 43.4 Å². The molecule has 1 aliphatic heterocycles. The Morgan fingerprint density at radius 3 is 2.47 bits per heavy atom. The van der Waals surface area contributed by atoms with Crippen molar-refractivity contribution in [3.05, 3.63) is 0 Å². The van der Waals surface area contributed by atoms with E-state index in [1.165, 1.54) is 0 Å². The molecule has 1 aliphatic rings. The number of piperazine rings is 1. The first-order chi connectivity index (χ1) is 6.97. The zero-order valence-corrected chi connectivity index (χ0v) is 10.5. The van der Waals surface area contributed by atoms with Crippen molar-refractivity contribution in [1.29, 1.82) is 0 Å². The molecule has 6 heteroatoms. The van der Waals surface area contributed by atoms with E-state index in [9.17, 15) is 4.57 Å². The number of hydrogen-bond donors (Lipinski definition) is 1. The average Bonchev–Trinajstić information content (AvgIpc) is 2.14. The number of nitrogens with one attached hydrogen (secondary N) is 1. The predicted molar refractivity (Wildman–Crippen MR) is 58.8 cm³/mol. The third-order valence-corrected chi connectivity index (χ3v) is 2.93. The SMILES string of the molecule is CC(C)(C)O[P+](=O)OCN1CCNCC1. The molecular weight excluding hydrogens is 215 g/mol. The van der Waals surface area contributed by atoms with Crippen LogP contribution in [0.15, 0.2) is 0 Å². The van der Waals surface area contributed by atoms with Crippen molar-refractivity contribution in [3.63, 3.8) is 0 Å². The maximum Gasteiger partial charge on any atom is 0.699 e. The van der Waals surface area contributed by atoms with Crippen LogP contribution in [0.4, 0.5) is 0 Å². The summed E-state index contributed by atoms with van der Waals surface area (Å²) in [6.07, 6.45) is 0. The van der Waals surface area contributed by atoms with Crippen LogP contribution < -0.4 is 5.32 Å². The Hall–Kier alpha value is -0.0600. The van der Waals surface area contributed by atoms with Gasteiger partial charge in [0.25, 0.3) is 0 Å². The smallest absolute Gasteiger partial charge is 0.314 e. The van der Waals surface area contributed by atoms with E-state index in [4.69, 9.17) is 9.05 Å². The quantitative estimate of drug-likeness (QED) is 0.745. The summed E-state index contributed by atoms with van der Waals surface area (Å²) < 4.78 is 21.7. The molecule has 1 heterocycles. The van der Waals surface area contributed by atoms with Crippen LogP contribution in [0, 0.1) is 0 Å². The van der Waals surface area contributed by atoms with Crippen LogP contribution in [0.2, 0.25) is 0 Å². The summed E-state index contributed by atoms with van der Waals surface area (Å²) in [4.78, 5) is 2.11. The first-order valence-corrected chi connectivity index (χ1v) is 6.29. The van der Waals surface area contributed by atoms with Crippen molar-refractivity contribution in [2.45, 2.75) is 26.4 Å². The predicted octanol–water partition coefficient (Wildman–Crippen LogP) is 1.34. The summed E-state index contributed by atoms with van der Waals surface area (Å²) in [7, 11) is -2.01. The number of hydrogen-bond acceptors (Lipinski definition) is 5. The average molecular weight is 235 g/mol. The van der Waals surface area contributed by atoms with Crippen molar-refractivity contribution in [2.24, 2.45) is 0 Å². The van der Waals surface area contributed by atoms with Crippen molar-refractivity contribution < 1.29 is 13.6 Å². The standard InChI is InChI=1S/C9H20N2O3P/c1-9(2,3)14-15(12)13-8-11-6-4-10-5-7-11/h10H,4-8H2,1-3H3/q+1. The second-order valence-electron chi connectivity index (χ2n) is 4.55. The summed E-state index contributed by atoms with van der Waals surface area (Å²) in [6, 6.07) is 0. The largest absolute Gasteiger partial charge is 0.699 e. The summed E-state index contributed by atoms with van der Waals surface area (Å²) in [5.74, 6) is 0. The lowest BCUT2D eigenvalue weighted by Gasteiger charge is -2.24. The summed E-state index contributed by atoms with van der Waals surface area (Å²) >= 11 is 0. The van der Waals surface area contributed by atoms with E-state index in [0.717, 1.165) is 26.2 Å². The molecule has 1 rings (SSSR count). The third-order valence-electron chi connectivity index (χ3n) is 1.90. The molecule has 1 saturated heterocycles. The first kappa shape index (κ1) is 13.0. The van der Waals surface area contributed by atoms with Gasteiger partial charge < -0.3 is 5.32 Å². The van der Waals surface area contributed by atoms with Gasteiger partial charge in [0.05, 0.1) is 0 Å². The summed E-state index contributed by atoms with van der Waals surface area (Å²) in [6.45, 7) is 9.72. The van der Waals surface area contributed by atoms with Gasteiger partial charge in [-0.2, -0.15) is 0 Å². The lowest BCUT2D eigenvalue weighted by Crippen LogP contribution is -2.44. The Morgan fingerprint density at radius 2 is 1.93 bits per heavy atom. The zero-order chi connectivity index (χ0) is 11.3. The molecule has 1 atom stereocenters. The van der Waals surface area contributed by atoms with E-state index in [-0.39, 0.29) is 0 Å². The normalized spacial score (nSPS) is 20.3. The summed E-state index contributed by atoms with van der Waals surface area (Å²) in [5, 5.41) is 3.24. The van der Waals surface area contributed by atoms with Crippen LogP contribution in [0.3, 0.4) is 0 Å². The van der Waals surface area contributed by atoms with Crippen LogP contribution in [0.1, 0.15) is 20.8 Å². The van der Waals surface area contributed by atoms with Gasteiger partial charge in [0, 0.05) is 30.7 Å². The van der Waals surface area contributed by atoms with Crippen LogP contribution in [0.5, 0.6) is 0 Å². The maximum atomic E-state index is 11.4. The van der Waals surface area contributed by atoms with Crippen LogP contribution in [0.25, 0.3) is 0 Å². The molecule has 0 aromatic rings. The molecule has 0 bridgehead atoms.